The number of thioether (sulfide) groups is 1. The predicted molar refractivity (Wildman–Crippen MR) is 117 cm³/mol. The van der Waals surface area contributed by atoms with Crippen molar-refractivity contribution >= 4 is 28.4 Å². The fourth-order valence-corrected chi connectivity index (χ4v) is 4.29. The molecular formula is C22H19N5O2S. The molecule has 8 heteroatoms. The van der Waals surface area contributed by atoms with Gasteiger partial charge in [0.1, 0.15) is 6.26 Å². The quantitative estimate of drug-likeness (QED) is 0.381. The molecule has 0 bridgehead atoms. The Bertz CT molecular complexity index is 1390. The number of aryl methyl sites for hydroxylation is 1. The zero-order valence-electron chi connectivity index (χ0n) is 16.4. The van der Waals surface area contributed by atoms with Crippen LogP contribution >= 0.6 is 11.8 Å². The second-order valence-electron chi connectivity index (χ2n) is 6.89. The van der Waals surface area contributed by atoms with Crippen LogP contribution in [-0.4, -0.2) is 24.1 Å². The van der Waals surface area contributed by atoms with Crippen LogP contribution in [0.15, 0.2) is 75.2 Å². The molecule has 0 aliphatic heterocycles. The minimum atomic E-state index is -0.0343. The molecule has 0 aliphatic rings. The highest BCUT2D eigenvalue weighted by Crippen LogP contribution is 2.26. The van der Waals surface area contributed by atoms with Crippen LogP contribution in [0.2, 0.25) is 0 Å². The Hall–Kier alpha value is -3.39. The molecule has 0 saturated carbocycles. The molecule has 3 heterocycles. The van der Waals surface area contributed by atoms with Crippen LogP contribution in [-0.2, 0) is 12.3 Å². The molecule has 0 spiro atoms. The van der Waals surface area contributed by atoms with Gasteiger partial charge in [0.05, 0.1) is 16.6 Å². The van der Waals surface area contributed by atoms with Crippen molar-refractivity contribution in [2.75, 3.05) is 0 Å². The summed E-state index contributed by atoms with van der Waals surface area (Å²) >= 11 is 1.52. The van der Waals surface area contributed by atoms with E-state index < -0.39 is 0 Å². The topological polar surface area (TPSA) is 78.2 Å². The van der Waals surface area contributed by atoms with E-state index in [1.807, 2.05) is 65.9 Å². The summed E-state index contributed by atoms with van der Waals surface area (Å²) in [5.41, 5.74) is 2.54. The predicted octanol–water partition coefficient (Wildman–Crippen LogP) is 4.40. The fraction of sp³-hybridized carbons (Fsp3) is 0.182. The van der Waals surface area contributed by atoms with Gasteiger partial charge in [-0.05, 0) is 30.7 Å². The van der Waals surface area contributed by atoms with Gasteiger partial charge < -0.3 is 4.42 Å². The number of fused-ring (bicyclic) bond motifs is 3. The van der Waals surface area contributed by atoms with Gasteiger partial charge in [0.25, 0.3) is 5.56 Å². The molecule has 30 heavy (non-hydrogen) atoms. The summed E-state index contributed by atoms with van der Waals surface area (Å²) in [5.74, 6) is 1.74. The van der Waals surface area contributed by atoms with Crippen molar-refractivity contribution in [2.45, 2.75) is 30.8 Å². The van der Waals surface area contributed by atoms with E-state index in [-0.39, 0.29) is 5.56 Å². The molecule has 5 rings (SSSR count). The Morgan fingerprint density at radius 3 is 2.67 bits per heavy atom. The van der Waals surface area contributed by atoms with Crippen molar-refractivity contribution in [2.24, 2.45) is 0 Å². The van der Waals surface area contributed by atoms with Crippen molar-refractivity contribution < 1.29 is 4.42 Å². The summed E-state index contributed by atoms with van der Waals surface area (Å²) in [6.45, 7) is 2.64. The van der Waals surface area contributed by atoms with Crippen molar-refractivity contribution in [3.05, 3.63) is 76.9 Å². The first-order valence-electron chi connectivity index (χ1n) is 9.75. The summed E-state index contributed by atoms with van der Waals surface area (Å²) in [6, 6.07) is 17.4. The fourth-order valence-electron chi connectivity index (χ4n) is 3.48. The van der Waals surface area contributed by atoms with Crippen LogP contribution in [0.5, 0.6) is 0 Å². The van der Waals surface area contributed by atoms with Crippen LogP contribution < -0.4 is 5.56 Å². The lowest BCUT2D eigenvalue weighted by atomic mass is 10.2. The Labute approximate surface area is 176 Å². The SMILES string of the molecule is CCCn1c(=O)c2ccccc2n2c(SCc3coc(-c4ccccc4)n3)nnc12. The third-order valence-electron chi connectivity index (χ3n) is 4.85. The summed E-state index contributed by atoms with van der Waals surface area (Å²) in [4.78, 5) is 17.5. The number of aromatic nitrogens is 5. The van der Waals surface area contributed by atoms with Gasteiger partial charge in [-0.2, -0.15) is 0 Å². The zero-order chi connectivity index (χ0) is 20.5. The van der Waals surface area contributed by atoms with Gasteiger partial charge in [0, 0.05) is 17.9 Å². The molecule has 0 atom stereocenters. The van der Waals surface area contributed by atoms with E-state index in [2.05, 4.69) is 15.2 Å². The maximum absolute atomic E-state index is 12.9. The number of rotatable bonds is 6. The number of hydrogen-bond acceptors (Lipinski definition) is 6. The third-order valence-corrected chi connectivity index (χ3v) is 5.81. The molecule has 150 valence electrons. The minimum absolute atomic E-state index is 0.0343. The molecular weight excluding hydrogens is 398 g/mol. The zero-order valence-corrected chi connectivity index (χ0v) is 17.2. The van der Waals surface area contributed by atoms with E-state index in [4.69, 9.17) is 4.42 Å². The maximum Gasteiger partial charge on any atom is 0.262 e. The van der Waals surface area contributed by atoms with Crippen LogP contribution in [0.1, 0.15) is 19.0 Å². The molecule has 7 nitrogen and oxygen atoms in total. The molecule has 0 aliphatic carbocycles. The normalized spacial score (nSPS) is 11.5. The largest absolute Gasteiger partial charge is 0.444 e. The number of hydrogen-bond donors (Lipinski definition) is 0. The highest BCUT2D eigenvalue weighted by atomic mass is 32.2. The Balaban J connectivity index is 1.51. The molecule has 0 radical (unpaired) electrons. The Morgan fingerprint density at radius 2 is 1.83 bits per heavy atom. The molecule has 2 aromatic carbocycles. The van der Waals surface area contributed by atoms with Crippen molar-refractivity contribution in [3.8, 4) is 11.5 Å². The van der Waals surface area contributed by atoms with E-state index in [0.29, 0.717) is 29.4 Å². The Morgan fingerprint density at radius 1 is 1.03 bits per heavy atom. The lowest BCUT2D eigenvalue weighted by molar-refractivity contribution is 0.573. The summed E-state index contributed by atoms with van der Waals surface area (Å²) in [6.07, 6.45) is 2.51. The number of oxazole rings is 1. The van der Waals surface area contributed by atoms with Gasteiger partial charge in [0.2, 0.25) is 11.7 Å². The van der Waals surface area contributed by atoms with Crippen molar-refractivity contribution in [3.63, 3.8) is 0 Å². The molecule has 0 unspecified atom stereocenters. The smallest absolute Gasteiger partial charge is 0.262 e. The first-order valence-corrected chi connectivity index (χ1v) is 10.7. The second kappa shape index (κ2) is 7.79. The average molecular weight is 417 g/mol. The molecule has 0 N–H and O–H groups in total. The van der Waals surface area contributed by atoms with E-state index in [1.165, 1.54) is 11.8 Å². The first-order chi connectivity index (χ1) is 14.8. The van der Waals surface area contributed by atoms with Crippen LogP contribution in [0.3, 0.4) is 0 Å². The first kappa shape index (κ1) is 18.6. The standard InChI is InChI=1S/C22H19N5O2S/c1-2-12-26-20(28)17-10-6-7-11-18(17)27-21(26)24-25-22(27)30-14-16-13-29-19(23-16)15-8-4-3-5-9-15/h3-11,13H,2,12,14H2,1H3. The van der Waals surface area contributed by atoms with Crippen LogP contribution in [0.25, 0.3) is 28.1 Å². The molecule has 5 aromatic rings. The monoisotopic (exact) mass is 417 g/mol. The van der Waals surface area contributed by atoms with Crippen molar-refractivity contribution in [1.82, 2.24) is 24.1 Å². The van der Waals surface area contributed by atoms with Gasteiger partial charge in [0.15, 0.2) is 5.16 Å². The van der Waals surface area contributed by atoms with Gasteiger partial charge in [-0.1, -0.05) is 49.0 Å². The molecule has 0 amide bonds. The van der Waals surface area contributed by atoms with Gasteiger partial charge in [-0.25, -0.2) is 4.98 Å². The van der Waals surface area contributed by atoms with Gasteiger partial charge >= 0.3 is 0 Å². The van der Waals surface area contributed by atoms with Crippen molar-refractivity contribution in [1.29, 1.82) is 0 Å². The number of para-hydroxylation sites is 1. The van der Waals surface area contributed by atoms with Crippen LogP contribution in [0, 0.1) is 0 Å². The van der Waals surface area contributed by atoms with Gasteiger partial charge in [-0.15, -0.1) is 10.2 Å². The highest BCUT2D eigenvalue weighted by molar-refractivity contribution is 7.98. The van der Waals surface area contributed by atoms with E-state index >= 15 is 0 Å². The Kier molecular flexibility index (Phi) is 4.84. The van der Waals surface area contributed by atoms with E-state index in [9.17, 15) is 4.79 Å². The maximum atomic E-state index is 12.9. The van der Waals surface area contributed by atoms with E-state index in [1.54, 1.807) is 10.8 Å². The third kappa shape index (κ3) is 3.19. The number of nitrogens with zero attached hydrogens (tertiary/aromatic N) is 5. The highest BCUT2D eigenvalue weighted by Gasteiger charge is 2.17. The summed E-state index contributed by atoms with van der Waals surface area (Å²) < 4.78 is 9.28. The lowest BCUT2D eigenvalue weighted by Crippen LogP contribution is -2.23. The minimum Gasteiger partial charge on any atom is -0.444 e. The summed E-state index contributed by atoms with van der Waals surface area (Å²) in [7, 11) is 0. The average Bonchev–Trinajstić information content (AvgIpc) is 3.43. The second-order valence-corrected chi connectivity index (χ2v) is 7.83. The van der Waals surface area contributed by atoms with Gasteiger partial charge in [-0.3, -0.25) is 13.8 Å². The van der Waals surface area contributed by atoms with E-state index in [0.717, 1.165) is 28.4 Å². The van der Waals surface area contributed by atoms with Crippen LogP contribution in [0.4, 0.5) is 0 Å². The molecule has 3 aromatic heterocycles. The lowest BCUT2D eigenvalue weighted by Gasteiger charge is -2.10. The molecule has 0 fully saturated rings. The molecule has 0 saturated heterocycles. The summed E-state index contributed by atoms with van der Waals surface area (Å²) in [5, 5.41) is 10.1. The number of benzene rings is 2.